The second-order valence-electron chi connectivity index (χ2n) is 4.90. The van der Waals surface area contributed by atoms with Gasteiger partial charge in [-0.05, 0) is 48.1 Å². The number of para-hydroxylation sites is 1. The summed E-state index contributed by atoms with van der Waals surface area (Å²) >= 11 is 0. The molecule has 0 saturated carbocycles. The maximum absolute atomic E-state index is 11.9. The van der Waals surface area contributed by atoms with Crippen molar-refractivity contribution in [3.05, 3.63) is 65.2 Å². The highest BCUT2D eigenvalue weighted by Gasteiger charge is 2.17. The van der Waals surface area contributed by atoms with Crippen LogP contribution < -0.4 is 4.74 Å². The Kier molecular flexibility index (Phi) is 7.67. The summed E-state index contributed by atoms with van der Waals surface area (Å²) in [6, 6.07) is 11.3. The van der Waals surface area contributed by atoms with Crippen LogP contribution in [0.4, 0.5) is 0 Å². The molecule has 0 amide bonds. The number of hydrogen-bond donors (Lipinski definition) is 2. The molecule has 0 aliphatic heterocycles. The molecule has 0 radical (unpaired) electrons. The van der Waals surface area contributed by atoms with Gasteiger partial charge in [-0.1, -0.05) is 18.2 Å². The van der Waals surface area contributed by atoms with Gasteiger partial charge in [0.05, 0.1) is 11.1 Å². The number of carbonyl (C=O) groups is 4. The van der Waals surface area contributed by atoms with Gasteiger partial charge in [0.1, 0.15) is 5.75 Å². The van der Waals surface area contributed by atoms with Crippen LogP contribution in [0.5, 0.6) is 5.75 Å². The number of benzene rings is 2. The summed E-state index contributed by atoms with van der Waals surface area (Å²) in [4.78, 5) is 45.5. The lowest BCUT2D eigenvalue weighted by Gasteiger charge is -2.02. The molecule has 0 fully saturated rings. The molecule has 0 atom stereocenters. The lowest BCUT2D eigenvalue weighted by Crippen LogP contribution is -2.10. The molecular weight excluding hydrogens is 368 g/mol. The molecule has 2 aromatic rings. The molecule has 8 heteroatoms. The Bertz CT molecular complexity index is 1050. The van der Waals surface area contributed by atoms with E-state index >= 15 is 0 Å². The molecule has 2 aromatic carbocycles. The van der Waals surface area contributed by atoms with Crippen LogP contribution in [0.1, 0.15) is 31.1 Å². The van der Waals surface area contributed by atoms with Crippen LogP contribution in [0, 0.1) is 23.7 Å². The summed E-state index contributed by atoms with van der Waals surface area (Å²) in [6.45, 7) is 0. The minimum atomic E-state index is -1.49. The molecule has 0 spiro atoms. The summed E-state index contributed by atoms with van der Waals surface area (Å²) < 4.78 is 4.90. The topological polar surface area (TPSA) is 149 Å². The van der Waals surface area contributed by atoms with Crippen molar-refractivity contribution in [2.75, 3.05) is 0 Å². The van der Waals surface area contributed by atoms with Crippen molar-refractivity contribution in [1.82, 2.24) is 0 Å². The normalized spacial score (nSPS) is 8.71. The van der Waals surface area contributed by atoms with Gasteiger partial charge in [0.15, 0.2) is 0 Å². The number of carboxylic acid groups (broad SMARTS) is 2. The molecule has 8 nitrogen and oxygen atoms in total. The predicted octanol–water partition coefficient (Wildman–Crippen LogP) is 1.05. The number of esters is 1. The first-order chi connectivity index (χ1) is 12.9. The minimum absolute atomic E-state index is 0. The number of hydrogen-bond acceptors (Lipinski definition) is 5. The number of carbonyl (C=O) groups excluding carboxylic acids is 2. The van der Waals surface area contributed by atoms with Gasteiger partial charge in [0.2, 0.25) is 5.78 Å². The van der Waals surface area contributed by atoms with E-state index in [0.29, 0.717) is 5.75 Å². The maximum atomic E-state index is 11.9. The molecule has 0 aliphatic carbocycles. The highest BCUT2D eigenvalue weighted by molar-refractivity contribution is 6.11. The van der Waals surface area contributed by atoms with E-state index in [-0.39, 0.29) is 11.0 Å². The first-order valence-electron chi connectivity index (χ1n) is 7.32. The van der Waals surface area contributed by atoms with Crippen molar-refractivity contribution in [3.8, 4) is 29.4 Å². The third-order valence-corrected chi connectivity index (χ3v) is 3.10. The second-order valence-corrected chi connectivity index (χ2v) is 4.90. The van der Waals surface area contributed by atoms with Gasteiger partial charge in [-0.25, -0.2) is 14.4 Å². The zero-order chi connectivity index (χ0) is 19.8. The van der Waals surface area contributed by atoms with Gasteiger partial charge < -0.3 is 20.4 Å². The summed E-state index contributed by atoms with van der Waals surface area (Å²) in [6.07, 6.45) is 0. The largest absolute Gasteiger partial charge is 0.478 e. The van der Waals surface area contributed by atoms with E-state index in [1.807, 2.05) is 0 Å². The van der Waals surface area contributed by atoms with Crippen molar-refractivity contribution < 1.29 is 39.6 Å². The SMILES string of the molecule is O.O=C(C#CC#CC(=O)c1ccc(C(=O)O)c(C(=O)O)c1)Oc1ccccc1. The quantitative estimate of drug-likeness (QED) is 0.201. The molecule has 0 aliphatic rings. The fraction of sp³-hybridized carbons (Fsp3) is 0. The Labute approximate surface area is 158 Å². The Morgan fingerprint density at radius 3 is 2.00 bits per heavy atom. The van der Waals surface area contributed by atoms with E-state index in [1.165, 1.54) is 0 Å². The number of ether oxygens (including phenoxy) is 1. The van der Waals surface area contributed by atoms with E-state index in [4.69, 9.17) is 14.9 Å². The van der Waals surface area contributed by atoms with Crippen LogP contribution in [0.15, 0.2) is 48.5 Å². The van der Waals surface area contributed by atoms with Gasteiger partial charge in [-0.3, -0.25) is 4.79 Å². The van der Waals surface area contributed by atoms with E-state index in [0.717, 1.165) is 18.2 Å². The van der Waals surface area contributed by atoms with Crippen molar-refractivity contribution in [2.45, 2.75) is 0 Å². The first kappa shape index (κ1) is 21.6. The lowest BCUT2D eigenvalue weighted by molar-refractivity contribution is -0.128. The van der Waals surface area contributed by atoms with Crippen molar-refractivity contribution in [1.29, 1.82) is 0 Å². The van der Waals surface area contributed by atoms with Crippen molar-refractivity contribution in [2.24, 2.45) is 0 Å². The molecule has 0 unspecified atom stereocenters. The zero-order valence-electron chi connectivity index (χ0n) is 14.1. The van der Waals surface area contributed by atoms with Gasteiger partial charge in [-0.2, -0.15) is 0 Å². The maximum Gasteiger partial charge on any atom is 0.390 e. The second kappa shape index (κ2) is 9.92. The third-order valence-electron chi connectivity index (χ3n) is 3.10. The number of ketones is 1. The van der Waals surface area contributed by atoms with Gasteiger partial charge in [0.25, 0.3) is 0 Å². The average Bonchev–Trinajstić information content (AvgIpc) is 2.65. The molecule has 0 saturated heterocycles. The zero-order valence-corrected chi connectivity index (χ0v) is 14.1. The van der Waals surface area contributed by atoms with Crippen molar-refractivity contribution in [3.63, 3.8) is 0 Å². The summed E-state index contributed by atoms with van der Waals surface area (Å²) in [5, 5.41) is 18.0. The third kappa shape index (κ3) is 5.85. The Hall–Kier alpha value is -4.40. The molecule has 140 valence electrons. The summed E-state index contributed by atoms with van der Waals surface area (Å²) in [5.41, 5.74) is -1.10. The van der Waals surface area contributed by atoms with E-state index < -0.39 is 34.8 Å². The summed E-state index contributed by atoms with van der Waals surface area (Å²) in [5.74, 6) is 4.27. The highest BCUT2D eigenvalue weighted by atomic mass is 16.5. The molecule has 4 N–H and O–H groups in total. The van der Waals surface area contributed by atoms with Gasteiger partial charge in [-0.15, -0.1) is 0 Å². The van der Waals surface area contributed by atoms with Gasteiger partial charge in [0, 0.05) is 11.5 Å². The van der Waals surface area contributed by atoms with Crippen LogP contribution >= 0.6 is 0 Å². The van der Waals surface area contributed by atoms with Crippen molar-refractivity contribution >= 4 is 23.7 Å². The number of carboxylic acids is 2. The molecule has 0 bridgehead atoms. The standard InChI is InChI=1S/C20H10O7.H2O/c21-17(13-10-11-15(19(23)24)16(12-13)20(25)26)8-4-5-9-18(22)27-14-6-2-1-3-7-14;/h1-3,6-7,10-12H,(H,23,24)(H,25,26);1H2. The first-order valence-corrected chi connectivity index (χ1v) is 7.32. The molecule has 0 aromatic heterocycles. The smallest absolute Gasteiger partial charge is 0.390 e. The monoisotopic (exact) mass is 380 g/mol. The average molecular weight is 380 g/mol. The summed E-state index contributed by atoms with van der Waals surface area (Å²) in [7, 11) is 0. The Balaban J connectivity index is 0.00000392. The fourth-order valence-electron chi connectivity index (χ4n) is 1.91. The predicted molar refractivity (Wildman–Crippen MR) is 95.9 cm³/mol. The van der Waals surface area contributed by atoms with E-state index in [2.05, 4.69) is 23.7 Å². The van der Waals surface area contributed by atoms with Gasteiger partial charge >= 0.3 is 17.9 Å². The number of Topliss-reactive ketones (excluding diaryl/α,β-unsaturated/α-hetero) is 1. The highest BCUT2D eigenvalue weighted by Crippen LogP contribution is 2.13. The lowest BCUT2D eigenvalue weighted by atomic mass is 10.0. The van der Waals surface area contributed by atoms with Crippen LogP contribution in [0.2, 0.25) is 0 Å². The Morgan fingerprint density at radius 1 is 0.786 bits per heavy atom. The van der Waals surface area contributed by atoms with Crippen LogP contribution in [-0.2, 0) is 4.79 Å². The molecule has 28 heavy (non-hydrogen) atoms. The van der Waals surface area contributed by atoms with Crippen LogP contribution in [0.3, 0.4) is 0 Å². The number of rotatable bonds is 4. The minimum Gasteiger partial charge on any atom is -0.478 e. The fourth-order valence-corrected chi connectivity index (χ4v) is 1.91. The van der Waals surface area contributed by atoms with E-state index in [9.17, 15) is 19.2 Å². The van der Waals surface area contributed by atoms with E-state index in [1.54, 1.807) is 30.3 Å². The molecular formula is C20H12O8. The molecule has 0 heterocycles. The molecule has 2 rings (SSSR count). The number of aromatic carboxylic acids is 2. The Morgan fingerprint density at radius 2 is 1.39 bits per heavy atom. The van der Waals surface area contributed by atoms with Crippen LogP contribution in [-0.4, -0.2) is 39.4 Å². The van der Waals surface area contributed by atoms with Crippen LogP contribution in [0.25, 0.3) is 0 Å².